The fourth-order valence-electron chi connectivity index (χ4n) is 2.72. The summed E-state index contributed by atoms with van der Waals surface area (Å²) in [6.45, 7) is 1.74. The highest BCUT2D eigenvalue weighted by Crippen LogP contribution is 2.38. The van der Waals surface area contributed by atoms with Gasteiger partial charge in [-0.1, -0.05) is 28.9 Å². The minimum atomic E-state index is -0.537. The standard InChI is InChI=1S/C20H20ClN3O5/c1-11(20-23-18(24-29-20)13-7-5-6-8-14(13)21)22-19(25)12-9-15(26-2)17(28-4)16(10-12)27-3/h5-11H,1-4H3,(H,22,25)/t11-/m1/s1. The van der Waals surface area contributed by atoms with Gasteiger partial charge in [-0.15, -0.1) is 0 Å². The number of carbonyl (C=O) groups excluding carboxylic acids is 1. The van der Waals surface area contributed by atoms with Crippen LogP contribution in [0.1, 0.15) is 29.2 Å². The first kappa shape index (κ1) is 20.5. The highest BCUT2D eigenvalue weighted by atomic mass is 35.5. The topological polar surface area (TPSA) is 95.7 Å². The van der Waals surface area contributed by atoms with Crippen LogP contribution in [0.2, 0.25) is 5.02 Å². The number of benzene rings is 2. The Hall–Kier alpha value is -3.26. The van der Waals surface area contributed by atoms with Gasteiger partial charge in [0.25, 0.3) is 5.91 Å². The zero-order chi connectivity index (χ0) is 21.0. The normalized spacial score (nSPS) is 11.6. The van der Waals surface area contributed by atoms with E-state index in [0.29, 0.717) is 39.2 Å². The molecule has 8 nitrogen and oxygen atoms in total. The van der Waals surface area contributed by atoms with Crippen LogP contribution < -0.4 is 19.5 Å². The summed E-state index contributed by atoms with van der Waals surface area (Å²) in [5, 5.41) is 7.27. The number of amides is 1. The van der Waals surface area contributed by atoms with Crippen molar-refractivity contribution in [2.24, 2.45) is 0 Å². The highest BCUT2D eigenvalue weighted by molar-refractivity contribution is 6.33. The van der Waals surface area contributed by atoms with Gasteiger partial charge in [-0.05, 0) is 31.2 Å². The maximum atomic E-state index is 12.7. The Morgan fingerprint density at radius 3 is 2.34 bits per heavy atom. The Morgan fingerprint density at radius 1 is 1.10 bits per heavy atom. The summed E-state index contributed by atoms with van der Waals surface area (Å²) in [7, 11) is 4.46. The average Bonchev–Trinajstić information content (AvgIpc) is 3.23. The SMILES string of the molecule is COc1cc(C(=O)N[C@H](C)c2nc(-c3ccccc3Cl)no2)cc(OC)c1OC. The van der Waals surface area contributed by atoms with Crippen molar-refractivity contribution < 1.29 is 23.5 Å². The molecule has 0 spiro atoms. The first-order valence-corrected chi connectivity index (χ1v) is 9.05. The van der Waals surface area contributed by atoms with E-state index in [-0.39, 0.29) is 11.8 Å². The average molecular weight is 418 g/mol. The summed E-state index contributed by atoms with van der Waals surface area (Å²) in [5.41, 5.74) is 0.976. The number of hydrogen-bond donors (Lipinski definition) is 1. The quantitative estimate of drug-likeness (QED) is 0.622. The van der Waals surface area contributed by atoms with E-state index in [0.717, 1.165) is 0 Å². The minimum Gasteiger partial charge on any atom is -0.493 e. The predicted octanol–water partition coefficient (Wildman–Crippen LogP) is 3.91. The molecule has 1 heterocycles. The highest BCUT2D eigenvalue weighted by Gasteiger charge is 2.21. The number of nitrogens with one attached hydrogen (secondary N) is 1. The van der Waals surface area contributed by atoms with Gasteiger partial charge in [-0.2, -0.15) is 4.98 Å². The van der Waals surface area contributed by atoms with Crippen LogP contribution >= 0.6 is 11.6 Å². The van der Waals surface area contributed by atoms with Gasteiger partial charge in [0.1, 0.15) is 6.04 Å². The Bertz CT molecular complexity index is 996. The molecule has 0 bridgehead atoms. The van der Waals surface area contributed by atoms with Crippen molar-refractivity contribution in [3.63, 3.8) is 0 Å². The summed E-state index contributed by atoms with van der Waals surface area (Å²) in [4.78, 5) is 17.1. The van der Waals surface area contributed by atoms with Crippen LogP contribution in [0, 0.1) is 0 Å². The Kier molecular flexibility index (Phi) is 6.23. The maximum absolute atomic E-state index is 12.7. The third kappa shape index (κ3) is 4.27. The van der Waals surface area contributed by atoms with Crippen molar-refractivity contribution >= 4 is 17.5 Å². The van der Waals surface area contributed by atoms with E-state index in [4.69, 9.17) is 30.3 Å². The molecule has 3 rings (SSSR count). The molecule has 29 heavy (non-hydrogen) atoms. The molecule has 1 amide bonds. The van der Waals surface area contributed by atoms with E-state index < -0.39 is 6.04 Å². The van der Waals surface area contributed by atoms with Crippen molar-refractivity contribution in [3.05, 3.63) is 52.9 Å². The van der Waals surface area contributed by atoms with Crippen molar-refractivity contribution in [1.29, 1.82) is 0 Å². The number of nitrogens with zero attached hydrogens (tertiary/aromatic N) is 2. The molecular weight excluding hydrogens is 398 g/mol. The van der Waals surface area contributed by atoms with Crippen molar-refractivity contribution in [1.82, 2.24) is 15.5 Å². The van der Waals surface area contributed by atoms with Crippen LogP contribution in [0.4, 0.5) is 0 Å². The molecule has 2 aromatic carbocycles. The molecular formula is C20H20ClN3O5. The van der Waals surface area contributed by atoms with E-state index in [1.807, 2.05) is 12.1 Å². The molecule has 0 unspecified atom stereocenters. The molecule has 0 aliphatic carbocycles. The van der Waals surface area contributed by atoms with Crippen LogP contribution in [-0.2, 0) is 0 Å². The van der Waals surface area contributed by atoms with Gasteiger partial charge in [0.15, 0.2) is 11.5 Å². The Labute approximate surface area is 172 Å². The molecule has 0 saturated heterocycles. The summed E-state index contributed by atoms with van der Waals surface area (Å²) in [6.07, 6.45) is 0. The minimum absolute atomic E-state index is 0.251. The predicted molar refractivity (Wildman–Crippen MR) is 107 cm³/mol. The van der Waals surface area contributed by atoms with Crippen LogP contribution in [-0.4, -0.2) is 37.4 Å². The lowest BCUT2D eigenvalue weighted by molar-refractivity contribution is 0.0931. The molecule has 0 radical (unpaired) electrons. The molecule has 9 heteroatoms. The molecule has 3 aromatic rings. The number of aromatic nitrogens is 2. The van der Waals surface area contributed by atoms with Crippen molar-refractivity contribution in [2.45, 2.75) is 13.0 Å². The van der Waals surface area contributed by atoms with Crippen LogP contribution in [0.25, 0.3) is 11.4 Å². The monoisotopic (exact) mass is 417 g/mol. The number of carbonyl (C=O) groups is 1. The summed E-state index contributed by atoms with van der Waals surface area (Å²) >= 11 is 6.17. The molecule has 0 aliphatic rings. The number of methoxy groups -OCH3 is 3. The lowest BCUT2D eigenvalue weighted by Gasteiger charge is -2.15. The van der Waals surface area contributed by atoms with E-state index in [2.05, 4.69) is 15.5 Å². The number of halogens is 1. The second-order valence-corrected chi connectivity index (χ2v) is 6.45. The number of rotatable bonds is 7. The van der Waals surface area contributed by atoms with Gasteiger partial charge in [0.2, 0.25) is 17.5 Å². The first-order chi connectivity index (χ1) is 14.0. The zero-order valence-electron chi connectivity index (χ0n) is 16.4. The van der Waals surface area contributed by atoms with Crippen molar-refractivity contribution in [2.75, 3.05) is 21.3 Å². The fraction of sp³-hybridized carbons (Fsp3) is 0.250. The van der Waals surface area contributed by atoms with Gasteiger partial charge < -0.3 is 24.1 Å². The summed E-state index contributed by atoms with van der Waals surface area (Å²) < 4.78 is 21.1. The molecule has 1 N–H and O–H groups in total. The second-order valence-electron chi connectivity index (χ2n) is 6.05. The Balaban J connectivity index is 1.80. The molecule has 152 valence electrons. The summed E-state index contributed by atoms with van der Waals surface area (Å²) in [6, 6.07) is 9.75. The molecule has 1 aromatic heterocycles. The number of ether oxygens (including phenoxy) is 3. The van der Waals surface area contributed by atoms with E-state index in [9.17, 15) is 4.79 Å². The van der Waals surface area contributed by atoms with Gasteiger partial charge in [-0.3, -0.25) is 4.79 Å². The lowest BCUT2D eigenvalue weighted by Crippen LogP contribution is -2.27. The van der Waals surface area contributed by atoms with Crippen molar-refractivity contribution in [3.8, 4) is 28.6 Å². The fourth-order valence-corrected chi connectivity index (χ4v) is 2.94. The van der Waals surface area contributed by atoms with Crippen LogP contribution in [0.5, 0.6) is 17.2 Å². The second kappa shape index (κ2) is 8.83. The smallest absolute Gasteiger partial charge is 0.252 e. The van der Waals surface area contributed by atoms with Gasteiger partial charge in [0.05, 0.1) is 26.4 Å². The first-order valence-electron chi connectivity index (χ1n) is 8.67. The summed E-state index contributed by atoms with van der Waals surface area (Å²) in [5.74, 6) is 1.39. The van der Waals surface area contributed by atoms with Gasteiger partial charge in [0, 0.05) is 11.1 Å². The third-order valence-corrected chi connectivity index (χ3v) is 4.53. The van der Waals surface area contributed by atoms with Crippen LogP contribution in [0.3, 0.4) is 0 Å². The molecule has 0 fully saturated rings. The number of hydrogen-bond acceptors (Lipinski definition) is 7. The molecule has 0 saturated carbocycles. The molecule has 1 atom stereocenters. The third-order valence-electron chi connectivity index (χ3n) is 4.20. The van der Waals surface area contributed by atoms with E-state index in [1.165, 1.54) is 21.3 Å². The largest absolute Gasteiger partial charge is 0.493 e. The Morgan fingerprint density at radius 2 is 1.76 bits per heavy atom. The zero-order valence-corrected chi connectivity index (χ0v) is 17.1. The lowest BCUT2D eigenvalue weighted by atomic mass is 10.1. The molecule has 0 aliphatic heterocycles. The van der Waals surface area contributed by atoms with Gasteiger partial charge in [-0.25, -0.2) is 0 Å². The maximum Gasteiger partial charge on any atom is 0.252 e. The van der Waals surface area contributed by atoms with Crippen LogP contribution in [0.15, 0.2) is 40.9 Å². The van der Waals surface area contributed by atoms with Gasteiger partial charge >= 0.3 is 0 Å². The van der Waals surface area contributed by atoms with E-state index in [1.54, 1.807) is 31.2 Å². The van der Waals surface area contributed by atoms with E-state index >= 15 is 0 Å².